The molecule has 1 aromatic heterocycles. The molecule has 0 fully saturated rings. The number of halogens is 1. The molecule has 0 saturated carbocycles. The Kier molecular flexibility index (Phi) is 6.19. The zero-order valence-corrected chi connectivity index (χ0v) is 17.7. The van der Waals surface area contributed by atoms with Gasteiger partial charge in [-0.25, -0.2) is 4.39 Å². The molecule has 0 saturated heterocycles. The van der Waals surface area contributed by atoms with E-state index in [1.807, 2.05) is 36.4 Å². The van der Waals surface area contributed by atoms with E-state index in [1.54, 1.807) is 19.1 Å². The Labute approximate surface area is 180 Å². The topological polar surface area (TPSA) is 69.2 Å². The van der Waals surface area contributed by atoms with Crippen LogP contribution in [-0.4, -0.2) is 10.1 Å². The highest BCUT2D eigenvalue weighted by Gasteiger charge is 2.32. The maximum atomic E-state index is 13.7. The Morgan fingerprint density at radius 2 is 1.52 bits per heavy atom. The predicted molar refractivity (Wildman–Crippen MR) is 120 cm³/mol. The van der Waals surface area contributed by atoms with Crippen LogP contribution in [0.1, 0.15) is 22.7 Å². The lowest BCUT2D eigenvalue weighted by Crippen LogP contribution is -2.19. The quantitative estimate of drug-likeness (QED) is 0.220. The molecule has 0 unspecified atom stereocenters. The van der Waals surface area contributed by atoms with Gasteiger partial charge in [0.05, 0.1) is 4.92 Å². The molecule has 1 heterocycles. The minimum absolute atomic E-state index is 0.0943. The molecule has 5 nitrogen and oxygen atoms in total. The van der Waals surface area contributed by atoms with Crippen LogP contribution in [0.3, 0.4) is 0 Å². The van der Waals surface area contributed by atoms with E-state index in [-0.39, 0.29) is 35.0 Å². The fourth-order valence-electron chi connectivity index (χ4n) is 3.68. The molecule has 0 bridgehead atoms. The first-order valence-corrected chi connectivity index (χ1v) is 11.2. The molecule has 0 spiro atoms. The lowest BCUT2D eigenvalue weighted by Gasteiger charge is -2.28. The fraction of sp³-hybridized carbons (Fsp3) is 0.125. The van der Waals surface area contributed by atoms with Gasteiger partial charge >= 0.3 is 5.69 Å². The van der Waals surface area contributed by atoms with Gasteiger partial charge in [-0.3, -0.25) is 10.1 Å². The van der Waals surface area contributed by atoms with Crippen molar-refractivity contribution in [3.63, 3.8) is 0 Å². The van der Waals surface area contributed by atoms with Crippen molar-refractivity contribution in [1.29, 1.82) is 0 Å². The number of nitro groups is 1. The van der Waals surface area contributed by atoms with Gasteiger partial charge in [-0.05, 0) is 43.2 Å². The molecule has 0 amide bonds. The van der Waals surface area contributed by atoms with Crippen molar-refractivity contribution in [2.45, 2.75) is 19.0 Å². The second kappa shape index (κ2) is 9.19. The first kappa shape index (κ1) is 20.9. The monoisotopic (exact) mass is 434 g/mol. The molecule has 4 rings (SSSR count). The fourth-order valence-corrected chi connectivity index (χ4v) is 6.51. The highest BCUT2D eigenvalue weighted by Crippen LogP contribution is 2.52. The molecule has 0 aliphatic heterocycles. The van der Waals surface area contributed by atoms with Gasteiger partial charge in [-0.2, -0.15) is 0 Å². The van der Waals surface area contributed by atoms with Crippen LogP contribution in [0.25, 0.3) is 0 Å². The minimum atomic E-state index is -0.979. The molecule has 0 aliphatic carbocycles. The summed E-state index contributed by atoms with van der Waals surface area (Å²) in [7, 11) is -0.979. The molecule has 0 radical (unpaired) electrons. The van der Waals surface area contributed by atoms with Crippen molar-refractivity contribution >= 4 is 24.2 Å². The summed E-state index contributed by atoms with van der Waals surface area (Å²) < 4.78 is 19.1. The lowest BCUT2D eigenvalue weighted by molar-refractivity contribution is -0.386. The molecule has 156 valence electrons. The van der Waals surface area contributed by atoms with Gasteiger partial charge in [0.25, 0.3) is 0 Å². The van der Waals surface area contributed by atoms with Gasteiger partial charge < -0.3 is 4.52 Å². The molecule has 7 heteroatoms. The Hall–Kier alpha value is -3.37. The Morgan fingerprint density at radius 1 is 0.968 bits per heavy atom. The van der Waals surface area contributed by atoms with Gasteiger partial charge in [-0.1, -0.05) is 78.0 Å². The van der Waals surface area contributed by atoms with Crippen LogP contribution in [-0.2, 0) is 6.42 Å². The van der Waals surface area contributed by atoms with Crippen LogP contribution in [0, 0.1) is 22.9 Å². The highest BCUT2D eigenvalue weighted by atomic mass is 31.1. The largest absolute Gasteiger partial charge is 0.354 e. The molecular formula is C24H20FN2O3P. The third kappa shape index (κ3) is 4.54. The highest BCUT2D eigenvalue weighted by molar-refractivity contribution is 7.73. The Bertz CT molecular complexity index is 1130. The number of hydrogen-bond donors (Lipinski definition) is 0. The van der Waals surface area contributed by atoms with Crippen LogP contribution in [0.2, 0.25) is 0 Å². The molecule has 4 aromatic rings. The van der Waals surface area contributed by atoms with Crippen LogP contribution in [0.5, 0.6) is 0 Å². The third-order valence-electron chi connectivity index (χ3n) is 5.10. The summed E-state index contributed by atoms with van der Waals surface area (Å²) in [5.74, 6) is -0.0936. The summed E-state index contributed by atoms with van der Waals surface area (Å²) in [6, 6.07) is 26.4. The van der Waals surface area contributed by atoms with Crippen molar-refractivity contribution in [3.05, 3.63) is 118 Å². The molecule has 3 aromatic carbocycles. The van der Waals surface area contributed by atoms with E-state index >= 15 is 0 Å². The summed E-state index contributed by atoms with van der Waals surface area (Å²) in [4.78, 5) is 11.2. The number of hydrogen-bond acceptors (Lipinski definition) is 4. The number of aryl methyl sites for hydroxylation is 1. The molecule has 0 N–H and O–H groups in total. The van der Waals surface area contributed by atoms with Crippen LogP contribution in [0.4, 0.5) is 10.1 Å². The summed E-state index contributed by atoms with van der Waals surface area (Å²) in [6.07, 6.45) is 0.276. The van der Waals surface area contributed by atoms with Gasteiger partial charge in [0, 0.05) is 12.1 Å². The molecule has 1 atom stereocenters. The summed E-state index contributed by atoms with van der Waals surface area (Å²) in [5.41, 5.74) is 0.875. The van der Waals surface area contributed by atoms with Crippen LogP contribution >= 0.6 is 7.92 Å². The minimum Gasteiger partial charge on any atom is -0.354 e. The first-order valence-electron chi connectivity index (χ1n) is 9.79. The summed E-state index contributed by atoms with van der Waals surface area (Å²) in [5, 5.41) is 17.7. The zero-order chi connectivity index (χ0) is 21.8. The van der Waals surface area contributed by atoms with Crippen molar-refractivity contribution in [2.75, 3.05) is 0 Å². The van der Waals surface area contributed by atoms with Crippen molar-refractivity contribution < 1.29 is 13.8 Å². The third-order valence-corrected chi connectivity index (χ3v) is 7.91. The van der Waals surface area contributed by atoms with Crippen LogP contribution < -0.4 is 10.6 Å². The van der Waals surface area contributed by atoms with Gasteiger partial charge in [0.2, 0.25) is 5.76 Å². The van der Waals surface area contributed by atoms with E-state index in [9.17, 15) is 14.5 Å². The average Bonchev–Trinajstić information content (AvgIpc) is 3.16. The van der Waals surface area contributed by atoms with Crippen molar-refractivity contribution in [2.24, 2.45) is 0 Å². The van der Waals surface area contributed by atoms with Gasteiger partial charge in [0.1, 0.15) is 5.82 Å². The zero-order valence-electron chi connectivity index (χ0n) is 16.8. The number of nitrogens with zero attached hydrogens (tertiary/aromatic N) is 2. The average molecular weight is 434 g/mol. The Morgan fingerprint density at radius 3 is 2.03 bits per heavy atom. The van der Waals surface area contributed by atoms with Crippen LogP contribution in [0.15, 0.2) is 89.5 Å². The Balaban J connectivity index is 1.88. The second-order valence-corrected chi connectivity index (χ2v) is 9.51. The van der Waals surface area contributed by atoms with Crippen molar-refractivity contribution in [3.8, 4) is 0 Å². The van der Waals surface area contributed by atoms with E-state index in [4.69, 9.17) is 4.52 Å². The molecule has 31 heavy (non-hydrogen) atoms. The van der Waals surface area contributed by atoms with Gasteiger partial charge in [0.15, 0.2) is 5.69 Å². The predicted octanol–water partition coefficient (Wildman–Crippen LogP) is 5.45. The SMILES string of the molecule is Cc1noc(C[C@@H](c2ccc(F)cc2)P(c2ccccc2)c2ccccc2)c1[N+](=O)[O-]. The van der Waals surface area contributed by atoms with E-state index in [2.05, 4.69) is 29.4 Å². The van der Waals surface area contributed by atoms with Crippen molar-refractivity contribution in [1.82, 2.24) is 5.16 Å². The summed E-state index contributed by atoms with van der Waals surface area (Å²) >= 11 is 0. The number of aromatic nitrogens is 1. The number of benzene rings is 3. The normalized spacial score (nSPS) is 12.1. The first-order chi connectivity index (χ1) is 15.0. The standard InChI is InChI=1S/C24H20FN2O3P/c1-17-24(27(28)29)22(30-26-17)16-23(18-12-14-19(25)15-13-18)31(20-8-4-2-5-9-20)21-10-6-3-7-11-21/h2-15,23H,16H2,1H3/t23-/m0/s1. The lowest BCUT2D eigenvalue weighted by atomic mass is 10.1. The van der Waals surface area contributed by atoms with E-state index in [1.165, 1.54) is 12.1 Å². The smallest absolute Gasteiger partial charge is 0.334 e. The molecule has 0 aliphatic rings. The summed E-state index contributed by atoms with van der Waals surface area (Å²) in [6.45, 7) is 1.56. The maximum Gasteiger partial charge on any atom is 0.334 e. The van der Waals surface area contributed by atoms with Gasteiger partial charge in [-0.15, -0.1) is 0 Å². The van der Waals surface area contributed by atoms with E-state index < -0.39 is 12.8 Å². The second-order valence-electron chi connectivity index (χ2n) is 7.11. The van der Waals surface area contributed by atoms with E-state index in [0.29, 0.717) is 0 Å². The number of rotatable bonds is 7. The van der Waals surface area contributed by atoms with E-state index in [0.717, 1.165) is 16.2 Å². The molecular weight excluding hydrogens is 414 g/mol. The maximum absolute atomic E-state index is 13.7.